The zero-order valence-electron chi connectivity index (χ0n) is 16.6. The van der Waals surface area contributed by atoms with E-state index < -0.39 is 5.97 Å². The number of hydrogen-bond acceptors (Lipinski definition) is 4. The number of hydrogen-bond donors (Lipinski definition) is 2. The zero-order chi connectivity index (χ0) is 20.3. The quantitative estimate of drug-likeness (QED) is 0.825. The first-order chi connectivity index (χ1) is 13.4. The van der Waals surface area contributed by atoms with E-state index in [0.29, 0.717) is 12.1 Å². The first-order valence-electron chi connectivity index (χ1n) is 9.64. The van der Waals surface area contributed by atoms with Gasteiger partial charge in [0.15, 0.2) is 0 Å². The summed E-state index contributed by atoms with van der Waals surface area (Å²) in [5.41, 5.74) is 4.04. The molecular weight excluding hydrogens is 354 g/mol. The molecule has 1 saturated heterocycles. The number of anilines is 3. The molecule has 1 aliphatic rings. The third-order valence-electron chi connectivity index (χ3n) is 5.14. The van der Waals surface area contributed by atoms with Crippen molar-refractivity contribution >= 4 is 28.9 Å². The number of aromatic carboxylic acids is 1. The van der Waals surface area contributed by atoms with Gasteiger partial charge in [0, 0.05) is 37.8 Å². The molecule has 0 aliphatic carbocycles. The maximum atomic E-state index is 11.9. The van der Waals surface area contributed by atoms with E-state index in [0.717, 1.165) is 25.3 Å². The Labute approximate surface area is 165 Å². The van der Waals surface area contributed by atoms with Crippen LogP contribution in [0.15, 0.2) is 42.5 Å². The summed E-state index contributed by atoms with van der Waals surface area (Å²) in [7, 11) is 0. The van der Waals surface area contributed by atoms with Gasteiger partial charge in [0.05, 0.1) is 16.9 Å². The van der Waals surface area contributed by atoms with Crippen LogP contribution in [0.3, 0.4) is 0 Å². The van der Waals surface area contributed by atoms with Crippen molar-refractivity contribution in [3.8, 4) is 0 Å². The van der Waals surface area contributed by atoms with E-state index >= 15 is 0 Å². The molecule has 0 radical (unpaired) electrons. The van der Waals surface area contributed by atoms with Gasteiger partial charge in [-0.25, -0.2) is 4.79 Å². The predicted molar refractivity (Wildman–Crippen MR) is 113 cm³/mol. The molecule has 1 unspecified atom stereocenters. The molecule has 0 saturated carbocycles. The predicted octanol–water partition coefficient (Wildman–Crippen LogP) is 3.76. The highest BCUT2D eigenvalue weighted by atomic mass is 16.4. The molecule has 148 valence electrons. The molecule has 1 aliphatic heterocycles. The Balaban J connectivity index is 1.84. The summed E-state index contributed by atoms with van der Waals surface area (Å²) in [5, 5.41) is 12.2. The van der Waals surface area contributed by atoms with Gasteiger partial charge in [-0.3, -0.25) is 4.79 Å². The third-order valence-corrected chi connectivity index (χ3v) is 5.14. The fourth-order valence-corrected chi connectivity index (χ4v) is 3.65. The Morgan fingerprint density at radius 1 is 1.18 bits per heavy atom. The van der Waals surface area contributed by atoms with Crippen molar-refractivity contribution in [3.63, 3.8) is 0 Å². The van der Waals surface area contributed by atoms with Crippen LogP contribution in [0.2, 0.25) is 0 Å². The molecule has 1 heterocycles. The lowest BCUT2D eigenvalue weighted by Crippen LogP contribution is -2.52. The van der Waals surface area contributed by atoms with Gasteiger partial charge in [0.25, 0.3) is 0 Å². The molecule has 6 nitrogen and oxygen atoms in total. The highest BCUT2D eigenvalue weighted by molar-refractivity contribution is 5.97. The van der Waals surface area contributed by atoms with E-state index in [4.69, 9.17) is 0 Å². The van der Waals surface area contributed by atoms with Crippen LogP contribution in [0.5, 0.6) is 0 Å². The first-order valence-corrected chi connectivity index (χ1v) is 9.64. The Morgan fingerprint density at radius 2 is 1.96 bits per heavy atom. The molecule has 2 N–H and O–H groups in total. The van der Waals surface area contributed by atoms with Crippen molar-refractivity contribution in [2.75, 3.05) is 34.8 Å². The van der Waals surface area contributed by atoms with Crippen LogP contribution >= 0.6 is 0 Å². The van der Waals surface area contributed by atoms with Gasteiger partial charge >= 0.3 is 5.97 Å². The molecule has 0 aromatic heterocycles. The molecule has 1 amide bonds. The number of carbonyl (C=O) groups is 2. The number of carbonyl (C=O) groups excluding carboxylic acids is 1. The lowest BCUT2D eigenvalue weighted by molar-refractivity contribution is -0.115. The highest BCUT2D eigenvalue weighted by Gasteiger charge is 2.26. The summed E-state index contributed by atoms with van der Waals surface area (Å²) in [6.07, 6.45) is 0.342. The number of nitrogens with one attached hydrogen (secondary N) is 1. The van der Waals surface area contributed by atoms with Gasteiger partial charge < -0.3 is 20.2 Å². The molecule has 28 heavy (non-hydrogen) atoms. The van der Waals surface area contributed by atoms with Gasteiger partial charge in [-0.15, -0.1) is 0 Å². The topological polar surface area (TPSA) is 72.9 Å². The number of carboxylic acids is 1. The van der Waals surface area contributed by atoms with Crippen LogP contribution < -0.4 is 15.1 Å². The molecule has 2 aromatic rings. The van der Waals surface area contributed by atoms with Gasteiger partial charge in [0.1, 0.15) is 0 Å². The highest BCUT2D eigenvalue weighted by Crippen LogP contribution is 2.31. The molecular formula is C22H27N3O3. The van der Waals surface area contributed by atoms with Gasteiger partial charge in [-0.05, 0) is 49.7 Å². The Morgan fingerprint density at radius 3 is 2.61 bits per heavy atom. The smallest absolute Gasteiger partial charge is 0.335 e. The van der Waals surface area contributed by atoms with E-state index in [1.54, 1.807) is 25.1 Å². The van der Waals surface area contributed by atoms with Crippen LogP contribution in [0.1, 0.15) is 36.2 Å². The SMILES string of the molecule is CCC(=O)Nc1cc(C(=O)O)ccc1N1CCN(c2cccc(C)c2)C(C)C1. The average molecular weight is 381 g/mol. The largest absolute Gasteiger partial charge is 0.478 e. The molecule has 6 heteroatoms. The van der Waals surface area contributed by atoms with Crippen molar-refractivity contribution in [1.29, 1.82) is 0 Å². The third kappa shape index (κ3) is 4.27. The minimum atomic E-state index is -1.00. The Kier molecular flexibility index (Phi) is 5.87. The van der Waals surface area contributed by atoms with Crippen LogP contribution in [-0.2, 0) is 4.79 Å². The van der Waals surface area contributed by atoms with E-state index in [2.05, 4.69) is 53.2 Å². The lowest BCUT2D eigenvalue weighted by Gasteiger charge is -2.43. The second-order valence-corrected chi connectivity index (χ2v) is 7.27. The van der Waals surface area contributed by atoms with Crippen molar-refractivity contribution in [3.05, 3.63) is 53.6 Å². The maximum absolute atomic E-state index is 11.9. The molecule has 1 atom stereocenters. The minimum Gasteiger partial charge on any atom is -0.478 e. The maximum Gasteiger partial charge on any atom is 0.335 e. The van der Waals surface area contributed by atoms with Crippen LogP contribution in [0, 0.1) is 6.92 Å². The van der Waals surface area contributed by atoms with Crippen molar-refractivity contribution in [1.82, 2.24) is 0 Å². The summed E-state index contributed by atoms with van der Waals surface area (Å²) in [4.78, 5) is 27.9. The van der Waals surface area contributed by atoms with Gasteiger partial charge in [-0.2, -0.15) is 0 Å². The van der Waals surface area contributed by atoms with E-state index in [1.165, 1.54) is 11.3 Å². The van der Waals surface area contributed by atoms with Crippen molar-refractivity contribution < 1.29 is 14.7 Å². The summed E-state index contributed by atoms with van der Waals surface area (Å²) in [6.45, 7) is 8.49. The second kappa shape index (κ2) is 8.33. The fourth-order valence-electron chi connectivity index (χ4n) is 3.65. The summed E-state index contributed by atoms with van der Waals surface area (Å²) in [6, 6.07) is 13.7. The number of rotatable bonds is 5. The Bertz CT molecular complexity index is 881. The summed E-state index contributed by atoms with van der Waals surface area (Å²) in [5.74, 6) is -1.13. The number of piperazine rings is 1. The van der Waals surface area contributed by atoms with E-state index in [1.807, 2.05) is 0 Å². The van der Waals surface area contributed by atoms with Crippen LogP contribution in [-0.4, -0.2) is 42.7 Å². The monoisotopic (exact) mass is 381 g/mol. The molecule has 0 spiro atoms. The molecule has 2 aromatic carbocycles. The standard InChI is InChI=1S/C22H27N3O3/c1-4-21(26)23-19-13-17(22(27)28)8-9-20(19)24-10-11-25(16(3)14-24)18-7-5-6-15(2)12-18/h5-9,12-13,16H,4,10-11,14H2,1-3H3,(H,23,26)(H,27,28). The molecule has 1 fully saturated rings. The minimum absolute atomic E-state index is 0.129. The van der Waals surface area contributed by atoms with E-state index in [-0.39, 0.29) is 17.5 Å². The summed E-state index contributed by atoms with van der Waals surface area (Å²) < 4.78 is 0. The van der Waals surface area contributed by atoms with Crippen LogP contribution in [0.4, 0.5) is 17.1 Å². The van der Waals surface area contributed by atoms with Crippen molar-refractivity contribution in [2.24, 2.45) is 0 Å². The van der Waals surface area contributed by atoms with Crippen molar-refractivity contribution in [2.45, 2.75) is 33.2 Å². The number of benzene rings is 2. The van der Waals surface area contributed by atoms with Gasteiger partial charge in [-0.1, -0.05) is 19.1 Å². The van der Waals surface area contributed by atoms with E-state index in [9.17, 15) is 14.7 Å². The Hall–Kier alpha value is -3.02. The second-order valence-electron chi connectivity index (χ2n) is 7.27. The zero-order valence-corrected chi connectivity index (χ0v) is 16.6. The summed E-state index contributed by atoms with van der Waals surface area (Å²) >= 11 is 0. The normalized spacial score (nSPS) is 16.8. The first kappa shape index (κ1) is 19.7. The fraction of sp³-hybridized carbons (Fsp3) is 0.364. The number of carboxylic acid groups (broad SMARTS) is 1. The van der Waals surface area contributed by atoms with Gasteiger partial charge in [0.2, 0.25) is 5.91 Å². The van der Waals surface area contributed by atoms with Crippen LogP contribution in [0.25, 0.3) is 0 Å². The average Bonchev–Trinajstić information content (AvgIpc) is 2.67. The number of nitrogens with zero attached hydrogens (tertiary/aromatic N) is 2. The molecule has 0 bridgehead atoms. The molecule has 3 rings (SSSR count). The lowest BCUT2D eigenvalue weighted by atomic mass is 10.1. The number of aryl methyl sites for hydroxylation is 1. The number of amides is 1.